The predicted octanol–water partition coefficient (Wildman–Crippen LogP) is 14.1. The maximum Gasteiger partial charge on any atom is 0.0390 e. The van der Waals surface area contributed by atoms with Crippen molar-refractivity contribution in [2.75, 3.05) is 11.5 Å². The molecule has 0 spiro atoms. The van der Waals surface area contributed by atoms with Crippen molar-refractivity contribution in [3.05, 3.63) is 201 Å². The summed E-state index contributed by atoms with van der Waals surface area (Å²) in [5.74, 6) is 1.11. The van der Waals surface area contributed by atoms with Gasteiger partial charge in [0.2, 0.25) is 0 Å². The zero-order chi connectivity index (χ0) is 38.8. The van der Waals surface area contributed by atoms with Crippen LogP contribution >= 0.6 is 0 Å². The summed E-state index contributed by atoms with van der Waals surface area (Å²) in [6.07, 6.45) is 17.8. The average Bonchev–Trinajstić information content (AvgIpc) is 3.84. The Hall–Kier alpha value is -5.60. The molecule has 0 radical (unpaired) electrons. The highest BCUT2D eigenvalue weighted by Crippen LogP contribution is 2.52. The van der Waals surface area contributed by atoms with Crippen LogP contribution in [0.2, 0.25) is 0 Å². The Bertz CT molecular complexity index is 2250. The van der Waals surface area contributed by atoms with Crippen LogP contribution in [0.25, 0.3) is 23.3 Å². The lowest BCUT2D eigenvalue weighted by Crippen LogP contribution is -2.33. The van der Waals surface area contributed by atoms with Crippen molar-refractivity contribution < 1.29 is 0 Å². The molecule has 6 aromatic rings. The molecule has 3 aliphatic rings. The number of hydrogen-bond acceptors (Lipinski definition) is 2. The number of anilines is 2. The highest BCUT2D eigenvalue weighted by molar-refractivity contribution is 5.97. The molecule has 1 saturated carbocycles. The first-order valence-corrected chi connectivity index (χ1v) is 21.6. The van der Waals surface area contributed by atoms with Crippen molar-refractivity contribution in [2.45, 2.75) is 88.4 Å². The second kappa shape index (κ2) is 16.1. The van der Waals surface area contributed by atoms with Crippen LogP contribution in [0.5, 0.6) is 0 Å². The Labute approximate surface area is 340 Å². The summed E-state index contributed by atoms with van der Waals surface area (Å²) in [4.78, 5) is 0. The summed E-state index contributed by atoms with van der Waals surface area (Å²) < 4.78 is 0. The number of para-hydroxylation sites is 2. The van der Waals surface area contributed by atoms with E-state index < -0.39 is 0 Å². The molecule has 4 N–H and O–H groups in total. The molecule has 2 nitrogen and oxygen atoms in total. The summed E-state index contributed by atoms with van der Waals surface area (Å²) in [5, 5.41) is 0. The van der Waals surface area contributed by atoms with E-state index in [2.05, 4.69) is 140 Å². The summed E-state index contributed by atoms with van der Waals surface area (Å²) in [7, 11) is 0. The highest BCUT2D eigenvalue weighted by Gasteiger charge is 2.39. The largest absolute Gasteiger partial charge is 0.398 e. The van der Waals surface area contributed by atoms with E-state index in [1.807, 2.05) is 24.3 Å². The Morgan fingerprint density at radius 2 is 0.930 bits per heavy atom. The van der Waals surface area contributed by atoms with Gasteiger partial charge in [-0.05, 0) is 112 Å². The van der Waals surface area contributed by atoms with Gasteiger partial charge in [-0.1, -0.05) is 179 Å². The summed E-state index contributed by atoms with van der Waals surface area (Å²) in [5.41, 5.74) is 30.5. The maximum absolute atomic E-state index is 6.61. The summed E-state index contributed by atoms with van der Waals surface area (Å²) in [6, 6.07) is 53.9. The van der Waals surface area contributed by atoms with E-state index in [9.17, 15) is 0 Å². The smallest absolute Gasteiger partial charge is 0.0390 e. The van der Waals surface area contributed by atoms with Crippen molar-refractivity contribution in [3.63, 3.8) is 0 Å². The first kappa shape index (κ1) is 37.0. The number of unbranched alkanes of at least 4 members (excludes halogenated alkanes) is 4. The second-order valence-corrected chi connectivity index (χ2v) is 17.0. The zero-order valence-electron chi connectivity index (χ0n) is 33.5. The van der Waals surface area contributed by atoms with Crippen LogP contribution in [-0.4, -0.2) is 0 Å². The van der Waals surface area contributed by atoms with Gasteiger partial charge in [-0.3, -0.25) is 0 Å². The van der Waals surface area contributed by atoms with Crippen LogP contribution in [0, 0.1) is 5.92 Å². The number of nitrogen functional groups attached to an aromatic ring is 2. The Morgan fingerprint density at radius 1 is 0.491 bits per heavy atom. The zero-order valence-corrected chi connectivity index (χ0v) is 33.5. The predicted molar refractivity (Wildman–Crippen MR) is 243 cm³/mol. The second-order valence-electron chi connectivity index (χ2n) is 17.0. The monoisotopic (exact) mass is 744 g/mol. The van der Waals surface area contributed by atoms with E-state index in [-0.39, 0.29) is 17.3 Å². The molecule has 6 aromatic carbocycles. The molecule has 0 heterocycles. The molecular weight excluding hydrogens is 689 g/mol. The lowest BCUT2D eigenvalue weighted by atomic mass is 9.62. The van der Waals surface area contributed by atoms with Gasteiger partial charge in [-0.2, -0.15) is 0 Å². The van der Waals surface area contributed by atoms with E-state index in [1.165, 1.54) is 120 Å². The minimum Gasteiger partial charge on any atom is -0.398 e. The molecule has 2 unspecified atom stereocenters. The first-order valence-electron chi connectivity index (χ1n) is 21.6. The minimum absolute atomic E-state index is 0.0258. The molecular formula is C55H56N2. The molecule has 0 saturated heterocycles. The standard InChI is InChI=1S/C55H56N2/c1-2-3-4-5-6-15-38-32-34-55(35-33-38,43-28-24-39(25-29-43)53-45-18-9-7-16-41(45)36-49(53)47-20-11-13-22-51(47)56)44-30-26-40(27-31-44)54-46-19-10-8-17-42(46)37-50(54)48-21-12-14-23-52(48)57/h7-14,16-31,36-38,53-54H,2-6,15,32-35,56-57H2,1H3. The number of hydrogen-bond donors (Lipinski definition) is 2. The van der Waals surface area contributed by atoms with Gasteiger partial charge in [0.15, 0.2) is 0 Å². The fourth-order valence-corrected chi connectivity index (χ4v) is 10.6. The molecule has 57 heavy (non-hydrogen) atoms. The fraction of sp³-hybridized carbons (Fsp3) is 0.273. The molecule has 1 fully saturated rings. The Balaban J connectivity index is 1.06. The molecule has 0 amide bonds. The maximum atomic E-state index is 6.61. The number of benzene rings is 6. The minimum atomic E-state index is -0.0258. The molecule has 286 valence electrons. The van der Waals surface area contributed by atoms with Gasteiger partial charge < -0.3 is 11.5 Å². The summed E-state index contributed by atoms with van der Waals surface area (Å²) >= 11 is 0. The van der Waals surface area contributed by atoms with Crippen molar-refractivity contribution in [3.8, 4) is 0 Å². The lowest BCUT2D eigenvalue weighted by Gasteiger charge is -2.42. The van der Waals surface area contributed by atoms with Gasteiger partial charge in [-0.15, -0.1) is 0 Å². The van der Waals surface area contributed by atoms with Crippen LogP contribution in [0.1, 0.15) is 139 Å². The van der Waals surface area contributed by atoms with Gasteiger partial charge >= 0.3 is 0 Å². The third-order valence-corrected chi connectivity index (χ3v) is 13.7. The third-order valence-electron chi connectivity index (χ3n) is 13.7. The van der Waals surface area contributed by atoms with Crippen LogP contribution in [0.15, 0.2) is 146 Å². The first-order chi connectivity index (χ1) is 28.0. The third kappa shape index (κ3) is 7.05. The number of rotatable bonds is 12. The Kier molecular flexibility index (Phi) is 10.5. The van der Waals surface area contributed by atoms with Gasteiger partial charge in [-0.25, -0.2) is 0 Å². The van der Waals surface area contributed by atoms with Gasteiger partial charge in [0.25, 0.3) is 0 Å². The van der Waals surface area contributed by atoms with Gasteiger partial charge in [0, 0.05) is 39.8 Å². The van der Waals surface area contributed by atoms with Gasteiger partial charge in [0.1, 0.15) is 0 Å². The molecule has 0 aromatic heterocycles. The molecule has 0 bridgehead atoms. The molecule has 3 aliphatic carbocycles. The van der Waals surface area contributed by atoms with Crippen molar-refractivity contribution in [1.29, 1.82) is 0 Å². The van der Waals surface area contributed by atoms with Crippen LogP contribution in [-0.2, 0) is 5.41 Å². The summed E-state index contributed by atoms with van der Waals surface area (Å²) in [6.45, 7) is 2.31. The molecule has 9 rings (SSSR count). The van der Waals surface area contributed by atoms with Crippen LogP contribution < -0.4 is 11.5 Å². The van der Waals surface area contributed by atoms with E-state index in [0.717, 1.165) is 28.4 Å². The fourth-order valence-electron chi connectivity index (χ4n) is 10.6. The number of fused-ring (bicyclic) bond motifs is 2. The van der Waals surface area contributed by atoms with Crippen LogP contribution in [0.3, 0.4) is 0 Å². The molecule has 0 aliphatic heterocycles. The number of allylic oxidation sites excluding steroid dienone is 2. The van der Waals surface area contributed by atoms with Crippen LogP contribution in [0.4, 0.5) is 11.4 Å². The Morgan fingerprint density at radius 3 is 1.40 bits per heavy atom. The van der Waals surface area contributed by atoms with E-state index in [1.54, 1.807) is 0 Å². The van der Waals surface area contributed by atoms with E-state index in [0.29, 0.717) is 0 Å². The van der Waals surface area contributed by atoms with Gasteiger partial charge in [0.05, 0.1) is 0 Å². The number of nitrogens with two attached hydrogens (primary N) is 2. The normalized spacial score (nSPS) is 21.1. The quantitative estimate of drug-likeness (QED) is 0.0968. The topological polar surface area (TPSA) is 52.0 Å². The molecule has 2 atom stereocenters. The molecule has 2 heteroatoms. The van der Waals surface area contributed by atoms with Crippen molar-refractivity contribution in [1.82, 2.24) is 0 Å². The lowest BCUT2D eigenvalue weighted by molar-refractivity contribution is 0.250. The van der Waals surface area contributed by atoms with E-state index >= 15 is 0 Å². The average molecular weight is 745 g/mol. The SMILES string of the molecule is CCCCCCCC1CCC(c2ccc(C3C(c4ccccc4N)=Cc4ccccc43)cc2)(c2ccc(C3C(c4ccccc4N)=Cc4ccccc43)cc2)CC1. The van der Waals surface area contributed by atoms with E-state index in [4.69, 9.17) is 11.5 Å². The highest BCUT2D eigenvalue weighted by atomic mass is 14.6. The van der Waals surface area contributed by atoms with Crippen molar-refractivity contribution in [2.24, 2.45) is 5.92 Å². The van der Waals surface area contributed by atoms with Crippen molar-refractivity contribution >= 4 is 34.7 Å².